The summed E-state index contributed by atoms with van der Waals surface area (Å²) >= 11 is 0. The Labute approximate surface area is 125 Å². The molecule has 0 unspecified atom stereocenters. The van der Waals surface area contributed by atoms with Crippen molar-refractivity contribution in [1.82, 2.24) is 4.98 Å². The van der Waals surface area contributed by atoms with Gasteiger partial charge >= 0.3 is 0 Å². The Bertz CT molecular complexity index is 644. The molecule has 2 rings (SSSR count). The van der Waals surface area contributed by atoms with Gasteiger partial charge in [-0.25, -0.2) is 4.98 Å². The number of aromatic nitrogens is 1. The second-order valence-electron chi connectivity index (χ2n) is 5.04. The van der Waals surface area contributed by atoms with Crippen molar-refractivity contribution in [2.24, 2.45) is 0 Å². The normalized spacial score (nSPS) is 10.8. The molecule has 1 heterocycles. The second-order valence-corrected chi connectivity index (χ2v) is 5.04. The Morgan fingerprint density at radius 1 is 1.29 bits per heavy atom. The number of aliphatic hydroxyl groups is 1. The van der Waals surface area contributed by atoms with E-state index in [4.69, 9.17) is 0 Å². The van der Waals surface area contributed by atoms with E-state index < -0.39 is 0 Å². The fourth-order valence-corrected chi connectivity index (χ4v) is 2.72. The van der Waals surface area contributed by atoms with Gasteiger partial charge in [-0.3, -0.25) is 0 Å². The number of hydrogen-bond donors (Lipinski definition) is 1. The minimum Gasteiger partial charge on any atom is -0.395 e. The summed E-state index contributed by atoms with van der Waals surface area (Å²) < 4.78 is 0. The standard InChI is InChI=1S/C17H21N3O/c1-3-14(4-2)20(9-10-21)17-11-13(12-18)15-7-5-6-8-16(15)19-17/h5-8,11,14,21H,3-4,9-10H2,1-2H3. The highest BCUT2D eigenvalue weighted by atomic mass is 16.3. The Kier molecular flexibility index (Phi) is 5.13. The monoisotopic (exact) mass is 283 g/mol. The van der Waals surface area contributed by atoms with Crippen molar-refractivity contribution in [2.75, 3.05) is 18.1 Å². The minimum atomic E-state index is 0.0763. The number of pyridine rings is 1. The van der Waals surface area contributed by atoms with Crippen molar-refractivity contribution in [3.05, 3.63) is 35.9 Å². The van der Waals surface area contributed by atoms with Gasteiger partial charge in [0.2, 0.25) is 0 Å². The number of anilines is 1. The van der Waals surface area contributed by atoms with E-state index in [1.54, 1.807) is 0 Å². The Hall–Kier alpha value is -2.12. The second kappa shape index (κ2) is 7.05. The molecule has 0 fully saturated rings. The van der Waals surface area contributed by atoms with Crippen LogP contribution in [0.1, 0.15) is 32.3 Å². The molecule has 0 amide bonds. The van der Waals surface area contributed by atoms with Crippen LogP contribution in [0.4, 0.5) is 5.82 Å². The Morgan fingerprint density at radius 2 is 2.00 bits per heavy atom. The first-order chi connectivity index (χ1) is 10.2. The van der Waals surface area contributed by atoms with E-state index in [0.717, 1.165) is 29.6 Å². The number of nitrogens with zero attached hydrogens (tertiary/aromatic N) is 3. The summed E-state index contributed by atoms with van der Waals surface area (Å²) in [6.45, 7) is 4.87. The molecule has 4 heteroatoms. The lowest BCUT2D eigenvalue weighted by Crippen LogP contribution is -2.37. The van der Waals surface area contributed by atoms with Gasteiger partial charge in [0.15, 0.2) is 0 Å². The molecule has 0 bridgehead atoms. The molecule has 4 nitrogen and oxygen atoms in total. The van der Waals surface area contributed by atoms with E-state index in [1.807, 2.05) is 30.3 Å². The van der Waals surface area contributed by atoms with Crippen molar-refractivity contribution >= 4 is 16.7 Å². The largest absolute Gasteiger partial charge is 0.395 e. The number of aliphatic hydroxyl groups excluding tert-OH is 1. The van der Waals surface area contributed by atoms with Crippen LogP contribution in [0.15, 0.2) is 30.3 Å². The van der Waals surface area contributed by atoms with Crippen LogP contribution in [0.25, 0.3) is 10.9 Å². The quantitative estimate of drug-likeness (QED) is 0.885. The number of rotatable bonds is 6. The molecular formula is C17H21N3O. The van der Waals surface area contributed by atoms with Crippen LogP contribution in [0.2, 0.25) is 0 Å². The van der Waals surface area contributed by atoms with E-state index in [9.17, 15) is 10.4 Å². The maximum atomic E-state index is 9.38. The zero-order chi connectivity index (χ0) is 15.2. The van der Waals surface area contributed by atoms with Gasteiger partial charge in [0.1, 0.15) is 5.82 Å². The molecule has 1 aromatic carbocycles. The highest BCUT2D eigenvalue weighted by molar-refractivity contribution is 5.86. The van der Waals surface area contributed by atoms with E-state index in [0.29, 0.717) is 18.2 Å². The van der Waals surface area contributed by atoms with Gasteiger partial charge in [0, 0.05) is 18.0 Å². The first kappa shape index (κ1) is 15.3. The Morgan fingerprint density at radius 3 is 2.62 bits per heavy atom. The summed E-state index contributed by atoms with van der Waals surface area (Å²) in [7, 11) is 0. The van der Waals surface area contributed by atoms with Gasteiger partial charge in [-0.2, -0.15) is 5.26 Å². The zero-order valence-electron chi connectivity index (χ0n) is 12.6. The average Bonchev–Trinajstić information content (AvgIpc) is 2.54. The fraction of sp³-hybridized carbons (Fsp3) is 0.412. The number of hydrogen-bond acceptors (Lipinski definition) is 4. The summed E-state index contributed by atoms with van der Waals surface area (Å²) in [5.74, 6) is 0.771. The van der Waals surface area contributed by atoms with Crippen molar-refractivity contribution < 1.29 is 5.11 Å². The number of fused-ring (bicyclic) bond motifs is 1. The lowest BCUT2D eigenvalue weighted by Gasteiger charge is -2.31. The van der Waals surface area contributed by atoms with Crippen LogP contribution >= 0.6 is 0 Å². The van der Waals surface area contributed by atoms with E-state index in [2.05, 4.69) is 29.8 Å². The summed E-state index contributed by atoms with van der Waals surface area (Å²) in [6.07, 6.45) is 1.96. The lowest BCUT2D eigenvalue weighted by molar-refractivity contribution is 0.295. The molecule has 1 aromatic heterocycles. The van der Waals surface area contributed by atoms with Crippen molar-refractivity contribution in [3.63, 3.8) is 0 Å². The topological polar surface area (TPSA) is 60.1 Å². The fourth-order valence-electron chi connectivity index (χ4n) is 2.72. The predicted molar refractivity (Wildman–Crippen MR) is 85.3 cm³/mol. The smallest absolute Gasteiger partial charge is 0.130 e. The molecule has 0 aliphatic carbocycles. The van der Waals surface area contributed by atoms with E-state index in [-0.39, 0.29) is 6.61 Å². The maximum Gasteiger partial charge on any atom is 0.130 e. The molecule has 2 aromatic rings. The Balaban J connectivity index is 2.55. The molecule has 21 heavy (non-hydrogen) atoms. The van der Waals surface area contributed by atoms with Crippen LogP contribution in [-0.4, -0.2) is 29.3 Å². The SMILES string of the molecule is CCC(CC)N(CCO)c1cc(C#N)c2ccccc2n1. The molecule has 1 N–H and O–H groups in total. The molecule has 0 aliphatic rings. The van der Waals surface area contributed by atoms with Gasteiger partial charge < -0.3 is 10.0 Å². The van der Waals surface area contributed by atoms with Crippen molar-refractivity contribution in [2.45, 2.75) is 32.7 Å². The van der Waals surface area contributed by atoms with Crippen molar-refractivity contribution in [1.29, 1.82) is 5.26 Å². The molecule has 110 valence electrons. The average molecular weight is 283 g/mol. The summed E-state index contributed by atoms with van der Waals surface area (Å²) in [5.41, 5.74) is 1.45. The molecule has 0 radical (unpaired) electrons. The third kappa shape index (κ3) is 3.14. The highest BCUT2D eigenvalue weighted by Crippen LogP contribution is 2.25. The van der Waals surface area contributed by atoms with E-state index in [1.165, 1.54) is 0 Å². The lowest BCUT2D eigenvalue weighted by atomic mass is 10.1. The summed E-state index contributed by atoms with van der Waals surface area (Å²) in [6, 6.07) is 12.1. The van der Waals surface area contributed by atoms with Crippen LogP contribution in [0.3, 0.4) is 0 Å². The maximum absolute atomic E-state index is 9.38. The number of nitriles is 1. The van der Waals surface area contributed by atoms with Crippen LogP contribution in [0.5, 0.6) is 0 Å². The number of benzene rings is 1. The molecule has 0 spiro atoms. The first-order valence-corrected chi connectivity index (χ1v) is 7.42. The van der Waals surface area contributed by atoms with Crippen LogP contribution in [0, 0.1) is 11.3 Å². The number of para-hydroxylation sites is 1. The molecular weight excluding hydrogens is 262 g/mol. The van der Waals surface area contributed by atoms with Crippen LogP contribution < -0.4 is 4.90 Å². The van der Waals surface area contributed by atoms with Gasteiger partial charge in [-0.05, 0) is 25.0 Å². The molecule has 0 aliphatic heterocycles. The minimum absolute atomic E-state index is 0.0763. The molecule has 0 saturated carbocycles. The van der Waals surface area contributed by atoms with Gasteiger partial charge in [0.05, 0.1) is 23.8 Å². The van der Waals surface area contributed by atoms with Gasteiger partial charge in [-0.1, -0.05) is 32.0 Å². The van der Waals surface area contributed by atoms with Crippen molar-refractivity contribution in [3.8, 4) is 6.07 Å². The van der Waals surface area contributed by atoms with Gasteiger partial charge in [0.25, 0.3) is 0 Å². The highest BCUT2D eigenvalue weighted by Gasteiger charge is 2.18. The zero-order valence-corrected chi connectivity index (χ0v) is 12.6. The summed E-state index contributed by atoms with van der Waals surface area (Å²) in [4.78, 5) is 6.79. The van der Waals surface area contributed by atoms with Gasteiger partial charge in [-0.15, -0.1) is 0 Å². The molecule has 0 atom stereocenters. The van der Waals surface area contributed by atoms with Crippen LogP contribution in [-0.2, 0) is 0 Å². The van der Waals surface area contributed by atoms with E-state index >= 15 is 0 Å². The summed E-state index contributed by atoms with van der Waals surface area (Å²) in [5, 5.41) is 19.6. The molecule has 0 saturated heterocycles. The third-order valence-electron chi connectivity index (χ3n) is 3.84. The first-order valence-electron chi connectivity index (χ1n) is 7.42. The third-order valence-corrected chi connectivity index (χ3v) is 3.84. The predicted octanol–water partition coefficient (Wildman–Crippen LogP) is 3.09.